The van der Waals surface area contributed by atoms with Crippen LogP contribution in [0.4, 0.5) is 0 Å². The van der Waals surface area contributed by atoms with E-state index in [-0.39, 0.29) is 0 Å². The van der Waals surface area contributed by atoms with Crippen LogP contribution in [0.15, 0.2) is 126 Å². The van der Waals surface area contributed by atoms with Gasteiger partial charge in [0.2, 0.25) is 0 Å². The number of hydrogen-bond acceptors (Lipinski definition) is 4. The van der Waals surface area contributed by atoms with Crippen molar-refractivity contribution in [2.45, 2.75) is 37.5 Å². The van der Waals surface area contributed by atoms with Gasteiger partial charge in [0.25, 0.3) is 0 Å². The molecule has 0 aliphatic rings. The van der Waals surface area contributed by atoms with Crippen molar-refractivity contribution >= 4 is 35.6 Å². The summed E-state index contributed by atoms with van der Waals surface area (Å²) < 4.78 is 9.48. The molecule has 0 N–H and O–H groups in total. The second-order valence-electron chi connectivity index (χ2n) is 8.57. The molecule has 0 heterocycles. The molecule has 4 nitrogen and oxygen atoms in total. The van der Waals surface area contributed by atoms with Gasteiger partial charge in [-0.25, -0.2) is 0 Å². The van der Waals surface area contributed by atoms with Crippen LogP contribution in [0.2, 0.25) is 0 Å². The lowest BCUT2D eigenvalue weighted by molar-refractivity contribution is 1.30. The summed E-state index contributed by atoms with van der Waals surface area (Å²) in [6.07, 6.45) is 0. The van der Waals surface area contributed by atoms with Gasteiger partial charge in [-0.1, -0.05) is 95.1 Å². The minimum Gasteiger partial charge on any atom is -0.189 e. The van der Waals surface area contributed by atoms with E-state index in [1.807, 2.05) is 24.3 Å². The van der Waals surface area contributed by atoms with E-state index in [2.05, 4.69) is 111 Å². The maximum absolute atomic E-state index is 4.74. The van der Waals surface area contributed by atoms with Crippen LogP contribution in [0, 0.1) is 27.7 Å². The molecule has 0 fully saturated rings. The number of benzene rings is 4. The highest BCUT2D eigenvalue weighted by atomic mass is 32.2. The molecule has 4 aromatic carbocycles. The number of rotatable bonds is 6. The van der Waals surface area contributed by atoms with Crippen molar-refractivity contribution < 1.29 is 0 Å². The molecule has 0 bridgehead atoms. The third-order valence-electron chi connectivity index (χ3n) is 5.38. The topological polar surface area (TPSA) is 49.4 Å². The first-order chi connectivity index (χ1) is 17.5. The van der Waals surface area contributed by atoms with Crippen molar-refractivity contribution in [1.29, 1.82) is 0 Å². The van der Waals surface area contributed by atoms with Crippen LogP contribution >= 0.6 is 23.9 Å². The van der Waals surface area contributed by atoms with Gasteiger partial charge in [-0.15, -0.1) is 10.2 Å². The number of azo groups is 1. The number of amidine groups is 2. The predicted molar refractivity (Wildman–Crippen MR) is 154 cm³/mol. The van der Waals surface area contributed by atoms with E-state index >= 15 is 0 Å². The van der Waals surface area contributed by atoms with Gasteiger partial charge >= 0.3 is 0 Å². The number of nitrogens with zero attached hydrogens (tertiary/aromatic N) is 4. The fourth-order valence-corrected chi connectivity index (χ4v) is 4.33. The van der Waals surface area contributed by atoms with Gasteiger partial charge in [-0.2, -0.15) is 8.80 Å². The Morgan fingerprint density at radius 2 is 0.694 bits per heavy atom. The van der Waals surface area contributed by atoms with Gasteiger partial charge in [0, 0.05) is 44.8 Å². The first-order valence-electron chi connectivity index (χ1n) is 11.7. The SMILES string of the molecule is Cc1ccc(S/N=C(/N=N/C(=N/Sc2ccc(C)cc2)c2ccc(C)cc2)c2ccc(C)cc2)cc1. The summed E-state index contributed by atoms with van der Waals surface area (Å²) in [6, 6.07) is 32.9. The molecule has 0 atom stereocenters. The van der Waals surface area contributed by atoms with Gasteiger partial charge in [-0.05, 0) is 52.0 Å². The molecule has 0 unspecified atom stereocenters. The Bertz CT molecular complexity index is 1260. The van der Waals surface area contributed by atoms with Crippen LogP contribution in [0.3, 0.4) is 0 Å². The Hall–Kier alpha value is -3.48. The highest BCUT2D eigenvalue weighted by Gasteiger charge is 2.08. The van der Waals surface area contributed by atoms with Gasteiger partial charge in [-0.3, -0.25) is 0 Å². The van der Waals surface area contributed by atoms with Crippen LogP contribution in [-0.2, 0) is 0 Å². The smallest absolute Gasteiger partial charge is 0.189 e. The standard InChI is InChI=1S/C30H28N4S2/c1-21-5-13-25(14-6-21)29(33-35-27-17-9-23(3)10-18-27)31-32-30(26-15-7-22(2)8-16-26)34-36-28-19-11-24(4)12-20-28/h5-20H,1-4H3/b32-31+,33-29+,34-30+. The van der Waals surface area contributed by atoms with Gasteiger partial charge in [0.1, 0.15) is 0 Å². The Labute approximate surface area is 222 Å². The molecule has 0 spiro atoms. The molecule has 180 valence electrons. The lowest BCUT2D eigenvalue weighted by atomic mass is 10.1. The maximum Gasteiger partial charge on any atom is 0.189 e. The molecular formula is C30H28N4S2. The molecule has 4 rings (SSSR count). The van der Waals surface area contributed by atoms with Crippen LogP contribution in [0.5, 0.6) is 0 Å². The summed E-state index contributed by atoms with van der Waals surface area (Å²) in [5.74, 6) is 1.08. The lowest BCUT2D eigenvalue weighted by Crippen LogP contribution is -2.00. The van der Waals surface area contributed by atoms with Crippen LogP contribution in [0.1, 0.15) is 33.4 Å². The number of aryl methyl sites for hydroxylation is 4. The van der Waals surface area contributed by atoms with E-state index in [0.717, 1.165) is 20.9 Å². The molecule has 0 radical (unpaired) electrons. The fraction of sp³-hybridized carbons (Fsp3) is 0.133. The molecular weight excluding hydrogens is 480 g/mol. The summed E-state index contributed by atoms with van der Waals surface area (Å²) in [7, 11) is 0. The van der Waals surface area contributed by atoms with E-state index in [4.69, 9.17) is 8.80 Å². The molecule has 0 saturated heterocycles. The third kappa shape index (κ3) is 7.51. The lowest BCUT2D eigenvalue weighted by Gasteiger charge is -2.04. The van der Waals surface area contributed by atoms with Crippen molar-refractivity contribution in [3.05, 3.63) is 130 Å². The molecule has 0 saturated carbocycles. The van der Waals surface area contributed by atoms with E-state index in [9.17, 15) is 0 Å². The van der Waals surface area contributed by atoms with Crippen molar-refractivity contribution in [3.63, 3.8) is 0 Å². The minimum atomic E-state index is 0.542. The molecule has 6 heteroatoms. The Balaban J connectivity index is 1.67. The largest absolute Gasteiger partial charge is 0.189 e. The van der Waals surface area contributed by atoms with Crippen LogP contribution in [-0.4, -0.2) is 11.7 Å². The van der Waals surface area contributed by atoms with E-state index < -0.39 is 0 Å². The summed E-state index contributed by atoms with van der Waals surface area (Å²) in [5.41, 5.74) is 6.59. The first-order valence-corrected chi connectivity index (χ1v) is 13.2. The van der Waals surface area contributed by atoms with Crippen LogP contribution in [0.25, 0.3) is 0 Å². The average molecular weight is 509 g/mol. The number of hydrogen-bond donors (Lipinski definition) is 0. The Morgan fingerprint density at radius 3 is 1.00 bits per heavy atom. The zero-order valence-corrected chi connectivity index (χ0v) is 22.5. The zero-order chi connectivity index (χ0) is 25.3. The molecule has 0 aromatic heterocycles. The van der Waals surface area contributed by atoms with Crippen molar-refractivity contribution in [1.82, 2.24) is 0 Å². The minimum absolute atomic E-state index is 0.542. The summed E-state index contributed by atoms with van der Waals surface area (Å²) in [6.45, 7) is 8.27. The first kappa shape index (κ1) is 25.6. The van der Waals surface area contributed by atoms with Crippen molar-refractivity contribution in [2.24, 2.45) is 19.0 Å². The van der Waals surface area contributed by atoms with Gasteiger partial charge in [0.15, 0.2) is 11.7 Å². The Kier molecular flexibility index (Phi) is 8.87. The molecule has 0 aliphatic heterocycles. The van der Waals surface area contributed by atoms with E-state index in [0.29, 0.717) is 11.7 Å². The quantitative estimate of drug-likeness (QED) is 0.113. The zero-order valence-electron chi connectivity index (χ0n) is 20.8. The fourth-order valence-electron chi connectivity index (χ4n) is 3.15. The van der Waals surface area contributed by atoms with Crippen molar-refractivity contribution in [3.8, 4) is 0 Å². The molecule has 4 aromatic rings. The maximum atomic E-state index is 4.74. The highest BCUT2D eigenvalue weighted by molar-refractivity contribution is 7.98. The van der Waals surface area contributed by atoms with E-state index in [1.165, 1.54) is 46.1 Å². The van der Waals surface area contributed by atoms with Gasteiger partial charge < -0.3 is 0 Å². The monoisotopic (exact) mass is 508 g/mol. The molecule has 0 amide bonds. The van der Waals surface area contributed by atoms with Crippen molar-refractivity contribution in [2.75, 3.05) is 0 Å². The molecule has 0 aliphatic carbocycles. The third-order valence-corrected chi connectivity index (χ3v) is 6.87. The second-order valence-corrected chi connectivity index (χ2v) is 10.2. The highest BCUT2D eigenvalue weighted by Crippen LogP contribution is 2.23. The summed E-state index contributed by atoms with van der Waals surface area (Å²) in [5, 5.41) is 9.18. The summed E-state index contributed by atoms with van der Waals surface area (Å²) >= 11 is 2.77. The second kappa shape index (κ2) is 12.5. The summed E-state index contributed by atoms with van der Waals surface area (Å²) in [4.78, 5) is 2.09. The predicted octanol–water partition coefficient (Wildman–Crippen LogP) is 8.98. The van der Waals surface area contributed by atoms with E-state index in [1.54, 1.807) is 0 Å². The van der Waals surface area contributed by atoms with Gasteiger partial charge in [0.05, 0.1) is 0 Å². The Morgan fingerprint density at radius 1 is 0.417 bits per heavy atom. The normalized spacial score (nSPS) is 12.3. The average Bonchev–Trinajstić information content (AvgIpc) is 2.89. The molecule has 36 heavy (non-hydrogen) atoms. The van der Waals surface area contributed by atoms with Crippen LogP contribution < -0.4 is 0 Å².